The number of benzene rings is 2. The van der Waals surface area contributed by atoms with Crippen LogP contribution in [-0.2, 0) is 21.8 Å². The van der Waals surface area contributed by atoms with Crippen LogP contribution in [0.2, 0.25) is 0 Å². The summed E-state index contributed by atoms with van der Waals surface area (Å²) in [6.45, 7) is 6.90. The Kier molecular flexibility index (Phi) is 8.41. The number of piperidine rings is 1. The fraction of sp³-hybridized carbons (Fsp3) is 0.667. The first-order valence-corrected chi connectivity index (χ1v) is 18.8. The van der Waals surface area contributed by atoms with Crippen molar-refractivity contribution < 1.29 is 8.42 Å². The molecular formula is C36H51N3O2S. The number of fused-ring (bicyclic) bond motifs is 1. The maximum atomic E-state index is 13.0. The topological polar surface area (TPSA) is 52.7 Å². The van der Waals surface area contributed by atoms with Crippen molar-refractivity contribution in [2.24, 2.45) is 23.7 Å². The average molecular weight is 590 g/mol. The highest BCUT2D eigenvalue weighted by Gasteiger charge is 2.50. The van der Waals surface area contributed by atoms with Gasteiger partial charge in [0.15, 0.2) is 9.84 Å². The highest BCUT2D eigenvalue weighted by molar-refractivity contribution is 7.91. The molecule has 1 N–H and O–H groups in total. The van der Waals surface area contributed by atoms with Gasteiger partial charge in [-0.15, -0.1) is 0 Å². The Morgan fingerprint density at radius 3 is 2.17 bits per heavy atom. The molecular weight excluding hydrogens is 538 g/mol. The monoisotopic (exact) mass is 589 g/mol. The minimum Gasteiger partial charge on any atom is -0.371 e. The zero-order valence-electron chi connectivity index (χ0n) is 25.5. The predicted octanol–water partition coefficient (Wildman–Crippen LogP) is 6.42. The number of likely N-dealkylation sites (tertiary alicyclic amines) is 1. The van der Waals surface area contributed by atoms with Crippen LogP contribution in [0.15, 0.2) is 53.4 Å². The molecule has 5 aliphatic rings. The van der Waals surface area contributed by atoms with Gasteiger partial charge >= 0.3 is 0 Å². The molecule has 0 spiro atoms. The van der Waals surface area contributed by atoms with Crippen LogP contribution in [0.5, 0.6) is 0 Å². The molecule has 3 aliphatic heterocycles. The number of sulfone groups is 1. The fourth-order valence-electron chi connectivity index (χ4n) is 9.54. The SMILES string of the molecule is O=S(=O)(CC1CCCCC1)c1ccc(N2CC(CN3CCC(C4(C5CCCC5)NCCc5ccccc54)CC3)C2)cc1. The molecule has 2 aromatic carbocycles. The summed E-state index contributed by atoms with van der Waals surface area (Å²) in [5, 5.41) is 4.17. The maximum Gasteiger partial charge on any atom is 0.178 e. The summed E-state index contributed by atoms with van der Waals surface area (Å²) in [4.78, 5) is 5.66. The summed E-state index contributed by atoms with van der Waals surface area (Å²) in [6.07, 6.45) is 15.1. The fourth-order valence-corrected chi connectivity index (χ4v) is 11.2. The highest BCUT2D eigenvalue weighted by atomic mass is 32.2. The molecule has 2 saturated heterocycles. The van der Waals surface area contributed by atoms with Gasteiger partial charge in [-0.05, 0) is 111 Å². The first kappa shape index (κ1) is 28.9. The molecule has 1 atom stereocenters. The van der Waals surface area contributed by atoms with Crippen molar-refractivity contribution in [2.75, 3.05) is 49.9 Å². The van der Waals surface area contributed by atoms with Gasteiger partial charge in [0.25, 0.3) is 0 Å². The normalized spacial score (nSPS) is 27.2. The summed E-state index contributed by atoms with van der Waals surface area (Å²) in [7, 11) is -3.19. The van der Waals surface area contributed by atoms with Crippen LogP contribution >= 0.6 is 0 Å². The van der Waals surface area contributed by atoms with Crippen LogP contribution in [0.1, 0.15) is 81.8 Å². The van der Waals surface area contributed by atoms with E-state index in [9.17, 15) is 8.42 Å². The van der Waals surface area contributed by atoms with Crippen molar-refractivity contribution >= 4 is 15.5 Å². The predicted molar refractivity (Wildman–Crippen MR) is 172 cm³/mol. The van der Waals surface area contributed by atoms with Gasteiger partial charge in [0.1, 0.15) is 0 Å². The lowest BCUT2D eigenvalue weighted by Gasteiger charge is -2.53. The van der Waals surface area contributed by atoms with E-state index in [-0.39, 0.29) is 5.54 Å². The summed E-state index contributed by atoms with van der Waals surface area (Å²) in [5.74, 6) is 2.87. The molecule has 2 aromatic rings. The van der Waals surface area contributed by atoms with E-state index in [2.05, 4.69) is 39.4 Å². The van der Waals surface area contributed by atoms with E-state index >= 15 is 0 Å². The zero-order valence-corrected chi connectivity index (χ0v) is 26.3. The quantitative estimate of drug-likeness (QED) is 0.385. The van der Waals surface area contributed by atoms with Gasteiger partial charge in [0.05, 0.1) is 10.6 Å². The number of rotatable bonds is 8. The van der Waals surface area contributed by atoms with Gasteiger partial charge in [-0.3, -0.25) is 0 Å². The lowest BCUT2D eigenvalue weighted by Crippen LogP contribution is -2.59. The van der Waals surface area contributed by atoms with Gasteiger partial charge in [0.2, 0.25) is 0 Å². The zero-order chi connectivity index (χ0) is 28.6. The van der Waals surface area contributed by atoms with E-state index < -0.39 is 9.84 Å². The van der Waals surface area contributed by atoms with Crippen molar-refractivity contribution in [3.8, 4) is 0 Å². The number of hydrogen-bond donors (Lipinski definition) is 1. The summed E-state index contributed by atoms with van der Waals surface area (Å²) < 4.78 is 26.0. The first-order chi connectivity index (χ1) is 20.5. The van der Waals surface area contributed by atoms with E-state index in [0.29, 0.717) is 22.5 Å². The van der Waals surface area contributed by atoms with Gasteiger partial charge in [-0.1, -0.05) is 56.4 Å². The number of hydrogen-bond acceptors (Lipinski definition) is 5. The van der Waals surface area contributed by atoms with Crippen LogP contribution < -0.4 is 10.2 Å². The summed E-state index contributed by atoms with van der Waals surface area (Å²) in [5.41, 5.74) is 4.57. The minimum atomic E-state index is -3.19. The molecule has 4 fully saturated rings. The average Bonchev–Trinajstić information content (AvgIpc) is 3.55. The molecule has 1 unspecified atom stereocenters. The van der Waals surface area contributed by atoms with Crippen LogP contribution in [0, 0.1) is 23.7 Å². The standard InChI is InChI=1S/C36H51N3O2S/c40-42(41,27-28-8-2-1-3-9-28)34-16-14-33(15-17-34)39-25-29(26-39)24-38-22-19-32(20-23-38)36(31-11-5-6-12-31)35-13-7-4-10-30(35)18-21-37-36/h4,7,10,13-17,28-29,31-32,37H,1-3,5-6,8-9,11-12,18-27H2. The van der Waals surface area contributed by atoms with Gasteiger partial charge in [-0.25, -0.2) is 8.42 Å². The molecule has 0 bridgehead atoms. The minimum absolute atomic E-state index is 0.181. The summed E-state index contributed by atoms with van der Waals surface area (Å²) >= 11 is 0. The molecule has 7 rings (SSSR count). The molecule has 5 nitrogen and oxygen atoms in total. The number of nitrogens with zero attached hydrogens (tertiary/aromatic N) is 2. The van der Waals surface area contributed by atoms with E-state index in [0.717, 1.165) is 44.3 Å². The molecule has 3 heterocycles. The van der Waals surface area contributed by atoms with E-state index in [1.54, 1.807) is 11.1 Å². The van der Waals surface area contributed by atoms with Gasteiger partial charge in [-0.2, -0.15) is 0 Å². The van der Waals surface area contributed by atoms with Gasteiger partial charge < -0.3 is 15.1 Å². The second kappa shape index (κ2) is 12.2. The molecule has 42 heavy (non-hydrogen) atoms. The van der Waals surface area contributed by atoms with Crippen molar-refractivity contribution in [1.29, 1.82) is 0 Å². The van der Waals surface area contributed by atoms with E-state index in [1.165, 1.54) is 89.5 Å². The van der Waals surface area contributed by atoms with Crippen LogP contribution in [0.25, 0.3) is 0 Å². The molecule has 6 heteroatoms. The van der Waals surface area contributed by atoms with Crippen molar-refractivity contribution in [3.05, 3.63) is 59.7 Å². The maximum absolute atomic E-state index is 13.0. The van der Waals surface area contributed by atoms with Gasteiger partial charge in [0, 0.05) is 43.3 Å². The summed E-state index contributed by atoms with van der Waals surface area (Å²) in [6, 6.07) is 17.1. The molecule has 0 aromatic heterocycles. The second-order valence-electron chi connectivity index (χ2n) is 14.3. The molecule has 228 valence electrons. The lowest BCUT2D eigenvalue weighted by molar-refractivity contribution is 0.0492. The molecule has 2 aliphatic carbocycles. The Morgan fingerprint density at radius 1 is 0.762 bits per heavy atom. The number of nitrogens with one attached hydrogen (secondary N) is 1. The van der Waals surface area contributed by atoms with Crippen molar-refractivity contribution in [2.45, 2.75) is 87.5 Å². The highest BCUT2D eigenvalue weighted by Crippen LogP contribution is 2.50. The Labute approximate surface area is 254 Å². The van der Waals surface area contributed by atoms with Crippen molar-refractivity contribution in [3.63, 3.8) is 0 Å². The van der Waals surface area contributed by atoms with Crippen LogP contribution in [-0.4, -0.2) is 58.3 Å². The smallest absolute Gasteiger partial charge is 0.178 e. The molecule has 0 amide bonds. The third-order valence-corrected chi connectivity index (χ3v) is 13.6. The number of anilines is 1. The first-order valence-electron chi connectivity index (χ1n) is 17.1. The Hall–Kier alpha value is -1.89. The van der Waals surface area contributed by atoms with Crippen LogP contribution in [0.3, 0.4) is 0 Å². The molecule has 2 saturated carbocycles. The largest absolute Gasteiger partial charge is 0.371 e. The lowest BCUT2D eigenvalue weighted by atomic mass is 9.63. The third kappa shape index (κ3) is 5.68. The van der Waals surface area contributed by atoms with E-state index in [4.69, 9.17) is 0 Å². The third-order valence-electron chi connectivity index (χ3n) is 11.7. The van der Waals surface area contributed by atoms with E-state index in [1.807, 2.05) is 24.3 Å². The van der Waals surface area contributed by atoms with Crippen molar-refractivity contribution in [1.82, 2.24) is 10.2 Å². The molecule has 0 radical (unpaired) electrons. The Balaban J connectivity index is 0.923. The van der Waals surface area contributed by atoms with Crippen LogP contribution in [0.4, 0.5) is 5.69 Å². The Bertz CT molecular complexity index is 1300. The Morgan fingerprint density at radius 2 is 1.43 bits per heavy atom. The second-order valence-corrected chi connectivity index (χ2v) is 16.3.